The summed E-state index contributed by atoms with van der Waals surface area (Å²) < 4.78 is 10.4. The topological polar surface area (TPSA) is 99.1 Å². The second-order valence-electron chi connectivity index (χ2n) is 4.18. The Morgan fingerprint density at radius 3 is 2.57 bits per heavy atom. The highest BCUT2D eigenvalue weighted by atomic mass is 16.5. The summed E-state index contributed by atoms with van der Waals surface area (Å²) in [6, 6.07) is 10.9. The van der Waals surface area contributed by atoms with Crippen LogP contribution in [0.15, 0.2) is 47.1 Å². The molecule has 0 aliphatic rings. The van der Waals surface area contributed by atoms with E-state index in [1.165, 1.54) is 0 Å². The third-order valence-corrected chi connectivity index (χ3v) is 2.93. The number of nitrogens with one attached hydrogen (secondary N) is 1. The van der Waals surface area contributed by atoms with Crippen molar-refractivity contribution in [2.45, 2.75) is 0 Å². The molecule has 0 saturated heterocycles. The third-order valence-electron chi connectivity index (χ3n) is 2.93. The van der Waals surface area contributed by atoms with Crippen molar-refractivity contribution in [1.82, 2.24) is 15.2 Å². The first kappa shape index (κ1) is 13.1. The van der Waals surface area contributed by atoms with Crippen molar-refractivity contribution < 1.29 is 9.15 Å². The maximum atomic E-state index is 5.53. The lowest BCUT2D eigenvalue weighted by atomic mass is 10.1. The quantitative estimate of drug-likeness (QED) is 0.558. The SMILES string of the molecule is COc1ccc(-c2nnc(-c3ccco3)nc2NN)cc1. The van der Waals surface area contributed by atoms with E-state index in [4.69, 9.17) is 15.0 Å². The number of hydrogen-bond donors (Lipinski definition) is 2. The van der Waals surface area contributed by atoms with Crippen molar-refractivity contribution in [3.63, 3.8) is 0 Å². The maximum Gasteiger partial charge on any atom is 0.219 e. The lowest BCUT2D eigenvalue weighted by molar-refractivity contribution is 0.415. The summed E-state index contributed by atoms with van der Waals surface area (Å²) in [5.74, 6) is 7.60. The predicted octanol–water partition coefficient (Wildman–Crippen LogP) is 2.09. The minimum atomic E-state index is 0.366. The Morgan fingerprint density at radius 2 is 1.95 bits per heavy atom. The smallest absolute Gasteiger partial charge is 0.219 e. The zero-order chi connectivity index (χ0) is 14.7. The van der Waals surface area contributed by atoms with Crippen molar-refractivity contribution >= 4 is 5.82 Å². The van der Waals surface area contributed by atoms with Crippen LogP contribution in [-0.4, -0.2) is 22.3 Å². The highest BCUT2D eigenvalue weighted by molar-refractivity contribution is 5.72. The van der Waals surface area contributed by atoms with E-state index in [1.807, 2.05) is 24.3 Å². The van der Waals surface area contributed by atoms with Crippen molar-refractivity contribution in [3.05, 3.63) is 42.7 Å². The number of ether oxygens (including phenoxy) is 1. The zero-order valence-electron chi connectivity index (χ0n) is 11.3. The van der Waals surface area contributed by atoms with Crippen molar-refractivity contribution in [2.75, 3.05) is 12.5 Å². The number of furan rings is 1. The number of nitrogens with zero attached hydrogens (tertiary/aromatic N) is 3. The number of hydrogen-bond acceptors (Lipinski definition) is 7. The molecule has 0 saturated carbocycles. The number of rotatable bonds is 4. The average Bonchev–Trinajstić information content (AvgIpc) is 3.09. The molecule has 2 aromatic heterocycles. The molecule has 3 aromatic rings. The van der Waals surface area contributed by atoms with Crippen molar-refractivity contribution in [1.29, 1.82) is 0 Å². The van der Waals surface area contributed by atoms with E-state index in [1.54, 1.807) is 25.5 Å². The predicted molar refractivity (Wildman–Crippen MR) is 77.3 cm³/mol. The van der Waals surface area contributed by atoms with Crippen LogP contribution in [-0.2, 0) is 0 Å². The van der Waals surface area contributed by atoms with Crippen LogP contribution in [0.3, 0.4) is 0 Å². The van der Waals surface area contributed by atoms with Gasteiger partial charge in [-0.05, 0) is 36.4 Å². The Kier molecular flexibility index (Phi) is 3.48. The monoisotopic (exact) mass is 283 g/mol. The summed E-state index contributed by atoms with van der Waals surface area (Å²) in [6.07, 6.45) is 1.55. The van der Waals surface area contributed by atoms with Crippen LogP contribution in [0.25, 0.3) is 22.8 Å². The second kappa shape index (κ2) is 5.59. The molecule has 0 amide bonds. The molecule has 7 nitrogen and oxygen atoms in total. The molecular formula is C14H13N5O2. The standard InChI is InChI=1S/C14H13N5O2/c1-20-10-6-4-9(5-7-10)12-14(17-15)16-13(19-18-12)11-3-2-8-21-11/h2-8H,15H2,1H3,(H,16,17,19). The Labute approximate surface area is 120 Å². The van der Waals surface area contributed by atoms with Gasteiger partial charge in [-0.2, -0.15) is 0 Å². The first-order valence-corrected chi connectivity index (χ1v) is 6.21. The average molecular weight is 283 g/mol. The molecule has 0 spiro atoms. The van der Waals surface area contributed by atoms with E-state index in [9.17, 15) is 0 Å². The molecule has 3 rings (SSSR count). The van der Waals surface area contributed by atoms with Crippen molar-refractivity contribution in [3.8, 4) is 28.6 Å². The number of aromatic nitrogens is 3. The van der Waals surface area contributed by atoms with Gasteiger partial charge >= 0.3 is 0 Å². The fourth-order valence-corrected chi connectivity index (χ4v) is 1.88. The Bertz CT molecular complexity index is 726. The van der Waals surface area contributed by atoms with E-state index < -0.39 is 0 Å². The van der Waals surface area contributed by atoms with Gasteiger partial charge in [0.1, 0.15) is 11.4 Å². The van der Waals surface area contributed by atoms with Gasteiger partial charge in [-0.1, -0.05) is 0 Å². The van der Waals surface area contributed by atoms with Gasteiger partial charge in [0.25, 0.3) is 0 Å². The second-order valence-corrected chi connectivity index (χ2v) is 4.18. The Morgan fingerprint density at radius 1 is 1.14 bits per heavy atom. The summed E-state index contributed by atoms with van der Waals surface area (Å²) in [4.78, 5) is 4.32. The normalized spacial score (nSPS) is 10.4. The molecule has 2 heterocycles. The summed E-state index contributed by atoms with van der Waals surface area (Å²) in [6.45, 7) is 0. The molecule has 1 aromatic carbocycles. The summed E-state index contributed by atoms with van der Waals surface area (Å²) >= 11 is 0. The van der Waals surface area contributed by atoms with Gasteiger partial charge in [0.15, 0.2) is 11.6 Å². The van der Waals surface area contributed by atoms with Gasteiger partial charge in [0, 0.05) is 5.56 Å². The maximum absolute atomic E-state index is 5.53. The van der Waals surface area contributed by atoms with Gasteiger partial charge in [-0.25, -0.2) is 10.8 Å². The van der Waals surface area contributed by atoms with Crippen molar-refractivity contribution in [2.24, 2.45) is 5.84 Å². The van der Waals surface area contributed by atoms with Crippen LogP contribution in [0.1, 0.15) is 0 Å². The Balaban J connectivity index is 2.02. The molecule has 0 aliphatic heterocycles. The first-order chi connectivity index (χ1) is 10.3. The number of benzene rings is 1. The third kappa shape index (κ3) is 2.54. The van der Waals surface area contributed by atoms with E-state index in [0.29, 0.717) is 23.1 Å². The fourth-order valence-electron chi connectivity index (χ4n) is 1.88. The number of nitrogens with two attached hydrogens (primary N) is 1. The van der Waals surface area contributed by atoms with E-state index >= 15 is 0 Å². The molecule has 0 bridgehead atoms. The van der Waals surface area contributed by atoms with E-state index in [-0.39, 0.29) is 0 Å². The molecule has 21 heavy (non-hydrogen) atoms. The minimum Gasteiger partial charge on any atom is -0.497 e. The van der Waals surface area contributed by atoms with Crippen LogP contribution in [0, 0.1) is 0 Å². The molecular weight excluding hydrogens is 270 g/mol. The summed E-state index contributed by atoms with van der Waals surface area (Å²) in [7, 11) is 1.61. The molecule has 7 heteroatoms. The molecule has 0 unspecified atom stereocenters. The largest absolute Gasteiger partial charge is 0.497 e. The summed E-state index contributed by atoms with van der Waals surface area (Å²) in [5.41, 5.74) is 3.92. The number of nitrogen functional groups attached to an aromatic ring is 1. The highest BCUT2D eigenvalue weighted by Crippen LogP contribution is 2.26. The van der Waals surface area contributed by atoms with Gasteiger partial charge in [0.05, 0.1) is 13.4 Å². The highest BCUT2D eigenvalue weighted by Gasteiger charge is 2.13. The van der Waals surface area contributed by atoms with Gasteiger partial charge < -0.3 is 14.6 Å². The van der Waals surface area contributed by atoms with E-state index in [0.717, 1.165) is 11.3 Å². The van der Waals surface area contributed by atoms with Crippen LogP contribution in [0.5, 0.6) is 5.75 Å². The number of hydrazine groups is 1. The lowest BCUT2D eigenvalue weighted by Crippen LogP contribution is -2.12. The number of anilines is 1. The lowest BCUT2D eigenvalue weighted by Gasteiger charge is -2.08. The van der Waals surface area contributed by atoms with Gasteiger partial charge in [-0.15, -0.1) is 10.2 Å². The molecule has 106 valence electrons. The van der Waals surface area contributed by atoms with E-state index in [2.05, 4.69) is 20.6 Å². The molecule has 3 N–H and O–H groups in total. The molecule has 0 fully saturated rings. The van der Waals surface area contributed by atoms with Gasteiger partial charge in [-0.3, -0.25) is 0 Å². The molecule has 0 aliphatic carbocycles. The minimum absolute atomic E-state index is 0.366. The molecule has 0 atom stereocenters. The van der Waals surface area contributed by atoms with Crippen LogP contribution < -0.4 is 16.0 Å². The van der Waals surface area contributed by atoms with Gasteiger partial charge in [0.2, 0.25) is 5.82 Å². The van der Waals surface area contributed by atoms with Crippen LogP contribution in [0.2, 0.25) is 0 Å². The summed E-state index contributed by atoms with van der Waals surface area (Å²) in [5, 5.41) is 8.24. The van der Waals surface area contributed by atoms with Crippen LogP contribution >= 0.6 is 0 Å². The Hall–Kier alpha value is -2.93. The molecule has 0 radical (unpaired) electrons. The number of methoxy groups -OCH3 is 1. The van der Waals surface area contributed by atoms with Crippen LogP contribution in [0.4, 0.5) is 5.82 Å². The zero-order valence-corrected chi connectivity index (χ0v) is 11.3. The fraction of sp³-hybridized carbons (Fsp3) is 0.0714. The first-order valence-electron chi connectivity index (χ1n) is 6.21.